The Morgan fingerprint density at radius 2 is 2.12 bits per heavy atom. The van der Waals surface area contributed by atoms with Crippen molar-refractivity contribution < 1.29 is 18.3 Å². The maximum absolute atomic E-state index is 13.6. The van der Waals surface area contributed by atoms with Crippen molar-refractivity contribution in [2.24, 2.45) is 0 Å². The first-order chi connectivity index (χ1) is 7.91. The molecular weight excluding hydrogens is 226 g/mol. The summed E-state index contributed by atoms with van der Waals surface area (Å²) in [7, 11) is 1.36. The summed E-state index contributed by atoms with van der Waals surface area (Å²) in [5, 5.41) is 0. The summed E-state index contributed by atoms with van der Waals surface area (Å²) in [6, 6.07) is 4.78. The highest BCUT2D eigenvalue weighted by molar-refractivity contribution is 5.53. The number of ether oxygens (including phenoxy) is 1. The van der Waals surface area contributed by atoms with Gasteiger partial charge < -0.3 is 9.53 Å². The monoisotopic (exact) mass is 242 g/mol. The average molecular weight is 242 g/mol. The second kappa shape index (κ2) is 5.25. The van der Waals surface area contributed by atoms with Crippen molar-refractivity contribution in [1.82, 2.24) is 0 Å². The van der Waals surface area contributed by atoms with Gasteiger partial charge in [0.2, 0.25) is 0 Å². The third-order valence-corrected chi connectivity index (χ3v) is 2.70. The van der Waals surface area contributed by atoms with Crippen LogP contribution in [0.3, 0.4) is 0 Å². The zero-order valence-electron chi connectivity index (χ0n) is 10.2. The van der Waals surface area contributed by atoms with Crippen LogP contribution in [0.25, 0.3) is 0 Å². The molecule has 2 nitrogen and oxygen atoms in total. The van der Waals surface area contributed by atoms with Gasteiger partial charge in [-0.05, 0) is 17.5 Å². The molecule has 0 aliphatic heterocycles. The van der Waals surface area contributed by atoms with E-state index >= 15 is 0 Å². The van der Waals surface area contributed by atoms with Crippen LogP contribution in [0.15, 0.2) is 18.2 Å². The predicted molar refractivity (Wildman–Crippen MR) is 61.7 cm³/mol. The molecular formula is C13H16F2O2. The van der Waals surface area contributed by atoms with Crippen molar-refractivity contribution in [2.45, 2.75) is 32.1 Å². The van der Waals surface area contributed by atoms with E-state index in [1.165, 1.54) is 13.2 Å². The molecule has 94 valence electrons. The molecule has 0 N–H and O–H groups in total. The van der Waals surface area contributed by atoms with Crippen LogP contribution < -0.4 is 4.74 Å². The Kier molecular flexibility index (Phi) is 4.21. The van der Waals surface area contributed by atoms with E-state index in [2.05, 4.69) is 0 Å². The van der Waals surface area contributed by atoms with Gasteiger partial charge >= 0.3 is 0 Å². The Morgan fingerprint density at radius 3 is 2.59 bits per heavy atom. The summed E-state index contributed by atoms with van der Waals surface area (Å²) in [6.07, 6.45) is 0.956. The molecule has 0 spiro atoms. The van der Waals surface area contributed by atoms with E-state index in [1.54, 1.807) is 19.1 Å². The van der Waals surface area contributed by atoms with Gasteiger partial charge in [0.15, 0.2) is 0 Å². The number of hydrogen-bond acceptors (Lipinski definition) is 2. The molecule has 1 aromatic rings. The van der Waals surface area contributed by atoms with Gasteiger partial charge in [-0.25, -0.2) is 8.78 Å². The fraction of sp³-hybridized carbons (Fsp3) is 0.462. The Hall–Kier alpha value is -1.45. The SMILES string of the molecule is COc1cccc(C(C)CC=O)c1C(C)(F)F. The smallest absolute Gasteiger partial charge is 0.274 e. The lowest BCUT2D eigenvalue weighted by molar-refractivity contribution is -0.108. The Labute approximate surface area is 99.6 Å². The van der Waals surface area contributed by atoms with Crippen LogP contribution in [0.1, 0.15) is 37.3 Å². The minimum Gasteiger partial charge on any atom is -0.496 e. The summed E-state index contributed by atoms with van der Waals surface area (Å²) in [4.78, 5) is 10.5. The van der Waals surface area contributed by atoms with E-state index < -0.39 is 5.92 Å². The van der Waals surface area contributed by atoms with E-state index in [1.807, 2.05) is 0 Å². The van der Waals surface area contributed by atoms with Crippen LogP contribution in [-0.4, -0.2) is 13.4 Å². The van der Waals surface area contributed by atoms with Gasteiger partial charge in [0.05, 0.1) is 12.7 Å². The van der Waals surface area contributed by atoms with Crippen LogP contribution in [0.4, 0.5) is 8.78 Å². The predicted octanol–water partition coefficient (Wildman–Crippen LogP) is 3.50. The molecule has 4 heteroatoms. The number of rotatable bonds is 5. The molecule has 0 heterocycles. The number of hydrogen-bond donors (Lipinski definition) is 0. The summed E-state index contributed by atoms with van der Waals surface area (Å²) in [6.45, 7) is 2.58. The van der Waals surface area contributed by atoms with Gasteiger partial charge in [-0.1, -0.05) is 19.1 Å². The number of aldehydes is 1. The minimum atomic E-state index is -2.99. The highest BCUT2D eigenvalue weighted by Gasteiger charge is 2.32. The number of carbonyl (C=O) groups is 1. The van der Waals surface area contributed by atoms with Crippen LogP contribution in [0.2, 0.25) is 0 Å². The van der Waals surface area contributed by atoms with Crippen LogP contribution in [0, 0.1) is 0 Å². The second-order valence-corrected chi connectivity index (χ2v) is 4.12. The zero-order chi connectivity index (χ0) is 13.1. The molecule has 0 saturated carbocycles. The van der Waals surface area contributed by atoms with Crippen molar-refractivity contribution >= 4 is 6.29 Å². The van der Waals surface area contributed by atoms with E-state index in [9.17, 15) is 13.6 Å². The molecule has 1 atom stereocenters. The molecule has 1 unspecified atom stereocenters. The van der Waals surface area contributed by atoms with Crippen molar-refractivity contribution in [3.63, 3.8) is 0 Å². The third kappa shape index (κ3) is 3.02. The molecule has 0 aromatic heterocycles. The number of carbonyl (C=O) groups excluding carboxylic acids is 1. The number of halogens is 2. The first-order valence-corrected chi connectivity index (χ1v) is 5.40. The normalized spacial score (nSPS) is 13.2. The number of benzene rings is 1. The topological polar surface area (TPSA) is 26.3 Å². The lowest BCUT2D eigenvalue weighted by Gasteiger charge is -2.21. The fourth-order valence-corrected chi connectivity index (χ4v) is 1.87. The number of methoxy groups -OCH3 is 1. The molecule has 1 aromatic carbocycles. The maximum atomic E-state index is 13.6. The lowest BCUT2D eigenvalue weighted by Crippen LogP contribution is -2.14. The standard InChI is InChI=1S/C13H16F2O2/c1-9(7-8-16)10-5-4-6-11(17-3)12(10)13(2,14)15/h4-6,8-9H,7H2,1-3H3. The van der Waals surface area contributed by atoms with Gasteiger partial charge in [0.1, 0.15) is 12.0 Å². The molecule has 0 bridgehead atoms. The lowest BCUT2D eigenvalue weighted by atomic mass is 9.90. The fourth-order valence-electron chi connectivity index (χ4n) is 1.87. The van der Waals surface area contributed by atoms with E-state index in [0.717, 1.165) is 13.2 Å². The largest absolute Gasteiger partial charge is 0.496 e. The van der Waals surface area contributed by atoms with Crippen molar-refractivity contribution in [3.05, 3.63) is 29.3 Å². The van der Waals surface area contributed by atoms with Gasteiger partial charge in [-0.2, -0.15) is 0 Å². The molecule has 0 aliphatic rings. The second-order valence-electron chi connectivity index (χ2n) is 4.12. The molecule has 0 saturated heterocycles. The minimum absolute atomic E-state index is 0.128. The summed E-state index contributed by atoms with van der Waals surface area (Å²) >= 11 is 0. The van der Waals surface area contributed by atoms with Crippen molar-refractivity contribution in [2.75, 3.05) is 7.11 Å². The molecule has 17 heavy (non-hydrogen) atoms. The first kappa shape index (κ1) is 13.6. The van der Waals surface area contributed by atoms with E-state index in [0.29, 0.717) is 5.56 Å². The molecule has 1 rings (SSSR count). The Balaban J connectivity index is 3.34. The molecule has 0 amide bonds. The summed E-state index contributed by atoms with van der Waals surface area (Å²) in [5.74, 6) is -3.07. The highest BCUT2D eigenvalue weighted by atomic mass is 19.3. The van der Waals surface area contributed by atoms with Crippen LogP contribution in [0.5, 0.6) is 5.75 Å². The van der Waals surface area contributed by atoms with E-state index in [4.69, 9.17) is 4.74 Å². The maximum Gasteiger partial charge on any atom is 0.274 e. The zero-order valence-corrected chi connectivity index (χ0v) is 10.2. The third-order valence-electron chi connectivity index (χ3n) is 2.70. The van der Waals surface area contributed by atoms with Gasteiger partial charge in [0.25, 0.3) is 5.92 Å². The Bertz CT molecular complexity index is 397. The van der Waals surface area contributed by atoms with Crippen molar-refractivity contribution in [3.8, 4) is 5.75 Å². The van der Waals surface area contributed by atoms with Gasteiger partial charge in [-0.3, -0.25) is 0 Å². The van der Waals surface area contributed by atoms with Crippen LogP contribution >= 0.6 is 0 Å². The molecule has 0 radical (unpaired) electrons. The molecule has 0 aliphatic carbocycles. The summed E-state index contributed by atoms with van der Waals surface area (Å²) in [5.41, 5.74) is 0.334. The quantitative estimate of drug-likeness (QED) is 0.739. The molecule has 0 fully saturated rings. The Morgan fingerprint density at radius 1 is 1.47 bits per heavy atom. The van der Waals surface area contributed by atoms with Gasteiger partial charge in [0, 0.05) is 13.3 Å². The first-order valence-electron chi connectivity index (χ1n) is 5.40. The highest BCUT2D eigenvalue weighted by Crippen LogP contribution is 2.40. The van der Waals surface area contributed by atoms with Crippen molar-refractivity contribution in [1.29, 1.82) is 0 Å². The average Bonchev–Trinajstić information content (AvgIpc) is 2.27. The number of alkyl halides is 2. The van der Waals surface area contributed by atoms with Crippen LogP contribution in [-0.2, 0) is 10.7 Å². The van der Waals surface area contributed by atoms with Gasteiger partial charge in [-0.15, -0.1) is 0 Å². The van der Waals surface area contributed by atoms with E-state index in [-0.39, 0.29) is 23.7 Å². The summed E-state index contributed by atoms with van der Waals surface area (Å²) < 4.78 is 32.2.